The number of benzene rings is 1. The van der Waals surface area contributed by atoms with Gasteiger partial charge >= 0.3 is 5.97 Å². The first-order valence-electron chi connectivity index (χ1n) is 9.56. The molecule has 7 heteroatoms. The van der Waals surface area contributed by atoms with E-state index < -0.39 is 5.97 Å². The Kier molecular flexibility index (Phi) is 4.93. The van der Waals surface area contributed by atoms with Crippen molar-refractivity contribution in [3.05, 3.63) is 56.4 Å². The number of nitrogens with zero attached hydrogens (tertiary/aromatic N) is 2. The minimum absolute atomic E-state index is 0.0769. The molecule has 0 aliphatic carbocycles. The van der Waals surface area contributed by atoms with Crippen LogP contribution in [-0.4, -0.2) is 29.1 Å². The molecule has 146 valence electrons. The van der Waals surface area contributed by atoms with E-state index in [1.165, 1.54) is 22.6 Å². The van der Waals surface area contributed by atoms with E-state index in [0.717, 1.165) is 19.4 Å². The number of fused-ring (bicyclic) bond motifs is 2. The van der Waals surface area contributed by atoms with E-state index in [0.29, 0.717) is 33.1 Å². The summed E-state index contributed by atoms with van der Waals surface area (Å²) in [4.78, 5) is 36.0. The molecule has 1 aliphatic heterocycles. The van der Waals surface area contributed by atoms with Gasteiger partial charge < -0.3 is 14.6 Å². The van der Waals surface area contributed by atoms with Crippen LogP contribution in [-0.2, 0) is 11.2 Å². The van der Waals surface area contributed by atoms with Crippen LogP contribution in [0.1, 0.15) is 52.9 Å². The highest BCUT2D eigenvalue weighted by molar-refractivity contribution is 7.20. The first-order valence-corrected chi connectivity index (χ1v) is 10.4. The highest BCUT2D eigenvalue weighted by Crippen LogP contribution is 2.34. The van der Waals surface area contributed by atoms with Crippen molar-refractivity contribution in [3.63, 3.8) is 0 Å². The number of anilines is 1. The summed E-state index contributed by atoms with van der Waals surface area (Å²) < 4.78 is 5.11. The van der Waals surface area contributed by atoms with Crippen LogP contribution in [0.4, 0.5) is 5.69 Å². The number of ether oxygens (including phenoxy) is 1. The van der Waals surface area contributed by atoms with E-state index in [9.17, 15) is 9.59 Å². The summed E-state index contributed by atoms with van der Waals surface area (Å²) in [6, 6.07) is 8.30. The third-order valence-corrected chi connectivity index (χ3v) is 6.45. The number of esters is 1. The molecule has 1 aromatic carbocycles. The Hall–Kier alpha value is -2.67. The molecule has 6 nitrogen and oxygen atoms in total. The van der Waals surface area contributed by atoms with Gasteiger partial charge in [-0.1, -0.05) is 18.2 Å². The van der Waals surface area contributed by atoms with Gasteiger partial charge in [-0.25, -0.2) is 9.78 Å². The van der Waals surface area contributed by atoms with Crippen molar-refractivity contribution in [3.8, 4) is 0 Å². The van der Waals surface area contributed by atoms with E-state index in [-0.39, 0.29) is 11.6 Å². The van der Waals surface area contributed by atoms with E-state index in [1.54, 1.807) is 13.8 Å². The van der Waals surface area contributed by atoms with E-state index in [4.69, 9.17) is 9.72 Å². The summed E-state index contributed by atoms with van der Waals surface area (Å²) in [5.74, 6) is 0.216. The Balaban J connectivity index is 1.76. The molecule has 1 unspecified atom stereocenters. The summed E-state index contributed by atoms with van der Waals surface area (Å²) >= 11 is 1.23. The van der Waals surface area contributed by atoms with Gasteiger partial charge in [0.25, 0.3) is 5.56 Å². The zero-order valence-electron chi connectivity index (χ0n) is 16.2. The van der Waals surface area contributed by atoms with Crippen LogP contribution in [0.5, 0.6) is 0 Å². The summed E-state index contributed by atoms with van der Waals surface area (Å²) in [6.45, 7) is 6.80. The van der Waals surface area contributed by atoms with Crippen LogP contribution in [0.25, 0.3) is 10.2 Å². The molecule has 0 saturated heterocycles. The number of carbonyl (C=O) groups excluding carboxylic acids is 1. The third kappa shape index (κ3) is 3.09. The Morgan fingerprint density at radius 2 is 2.18 bits per heavy atom. The van der Waals surface area contributed by atoms with Crippen molar-refractivity contribution in [2.24, 2.45) is 0 Å². The van der Waals surface area contributed by atoms with Gasteiger partial charge in [-0.15, -0.1) is 11.3 Å². The number of nitrogens with one attached hydrogen (secondary N) is 1. The van der Waals surface area contributed by atoms with Crippen LogP contribution >= 0.6 is 11.3 Å². The maximum atomic E-state index is 12.8. The lowest BCUT2D eigenvalue weighted by molar-refractivity contribution is 0.0531. The lowest BCUT2D eigenvalue weighted by Gasteiger charge is -2.35. The topological polar surface area (TPSA) is 75.3 Å². The molecule has 1 N–H and O–H groups in total. The number of aryl methyl sites for hydroxylation is 2. The van der Waals surface area contributed by atoms with Gasteiger partial charge in [0.2, 0.25) is 0 Å². The fraction of sp³-hybridized carbons (Fsp3) is 0.381. The molecule has 0 saturated carbocycles. The summed E-state index contributed by atoms with van der Waals surface area (Å²) in [7, 11) is 0. The smallest absolute Gasteiger partial charge is 0.348 e. The van der Waals surface area contributed by atoms with Crippen molar-refractivity contribution in [1.29, 1.82) is 0 Å². The molecule has 3 aromatic rings. The highest BCUT2D eigenvalue weighted by Gasteiger charge is 2.26. The maximum Gasteiger partial charge on any atom is 0.348 e. The van der Waals surface area contributed by atoms with Gasteiger partial charge in [-0.05, 0) is 50.8 Å². The minimum atomic E-state index is -0.401. The fourth-order valence-electron chi connectivity index (χ4n) is 3.86. The molecule has 0 bridgehead atoms. The van der Waals surface area contributed by atoms with Crippen LogP contribution in [0, 0.1) is 6.92 Å². The molecule has 1 atom stereocenters. The Bertz CT molecular complexity index is 1100. The lowest BCUT2D eigenvalue weighted by Crippen LogP contribution is -2.33. The van der Waals surface area contributed by atoms with E-state index in [1.807, 2.05) is 6.07 Å². The number of aromatic amines is 1. The predicted molar refractivity (Wildman–Crippen MR) is 111 cm³/mol. The quantitative estimate of drug-likeness (QED) is 0.674. The van der Waals surface area contributed by atoms with Gasteiger partial charge in [0.1, 0.15) is 15.5 Å². The lowest BCUT2D eigenvalue weighted by atomic mass is 10.00. The normalized spacial score (nSPS) is 14.8. The minimum Gasteiger partial charge on any atom is -0.462 e. The van der Waals surface area contributed by atoms with Crippen molar-refractivity contribution in [2.75, 3.05) is 18.1 Å². The monoisotopic (exact) mass is 397 g/mol. The molecule has 2 aromatic heterocycles. The number of aromatic nitrogens is 2. The van der Waals surface area contributed by atoms with E-state index >= 15 is 0 Å². The maximum absolute atomic E-state index is 12.8. The van der Waals surface area contributed by atoms with Crippen molar-refractivity contribution < 1.29 is 9.53 Å². The molecule has 0 radical (unpaired) electrons. The van der Waals surface area contributed by atoms with Crippen LogP contribution in [0.3, 0.4) is 0 Å². The molecular formula is C21H23N3O3S. The predicted octanol–water partition coefficient (Wildman–Crippen LogP) is 3.98. The molecule has 1 aliphatic rings. The first-order chi connectivity index (χ1) is 13.5. The van der Waals surface area contributed by atoms with Crippen LogP contribution in [0.15, 0.2) is 29.1 Å². The molecule has 3 heterocycles. The second-order valence-electron chi connectivity index (χ2n) is 7.01. The molecule has 28 heavy (non-hydrogen) atoms. The SMILES string of the molecule is CCOC(=O)c1sc2nc(C(C)N3CCCc4ccccc43)[nH]c(=O)c2c1C. The summed E-state index contributed by atoms with van der Waals surface area (Å²) in [5, 5.41) is 0.475. The zero-order valence-corrected chi connectivity index (χ0v) is 17.1. The van der Waals surface area contributed by atoms with Crippen molar-refractivity contribution in [1.82, 2.24) is 9.97 Å². The fourth-order valence-corrected chi connectivity index (χ4v) is 4.94. The Labute approximate surface area is 167 Å². The number of hydrogen-bond donors (Lipinski definition) is 1. The van der Waals surface area contributed by atoms with Crippen LogP contribution in [0.2, 0.25) is 0 Å². The number of hydrogen-bond acceptors (Lipinski definition) is 6. The molecule has 0 spiro atoms. The van der Waals surface area contributed by atoms with Crippen LogP contribution < -0.4 is 10.5 Å². The average molecular weight is 398 g/mol. The van der Waals surface area contributed by atoms with Crippen molar-refractivity contribution >= 4 is 33.2 Å². The number of thiophene rings is 1. The third-order valence-electron chi connectivity index (χ3n) is 5.29. The standard InChI is InChI=1S/C21H23N3O3S/c1-4-27-21(26)17-12(2)16-19(25)22-18(23-20(16)28-17)13(3)24-11-7-9-14-8-5-6-10-15(14)24/h5-6,8,10,13H,4,7,9,11H2,1-3H3,(H,22,23,25). The highest BCUT2D eigenvalue weighted by atomic mass is 32.1. The van der Waals surface area contributed by atoms with Gasteiger partial charge in [0, 0.05) is 12.2 Å². The first kappa shape index (κ1) is 18.7. The second kappa shape index (κ2) is 7.39. The van der Waals surface area contributed by atoms with Gasteiger partial charge in [-0.2, -0.15) is 0 Å². The number of H-pyrrole nitrogens is 1. The zero-order chi connectivity index (χ0) is 19.8. The van der Waals surface area contributed by atoms with Gasteiger partial charge in [-0.3, -0.25) is 4.79 Å². The largest absolute Gasteiger partial charge is 0.462 e. The Morgan fingerprint density at radius 3 is 2.96 bits per heavy atom. The summed E-state index contributed by atoms with van der Waals surface area (Å²) in [5.41, 5.74) is 2.94. The average Bonchev–Trinajstić information content (AvgIpc) is 3.04. The number of rotatable bonds is 4. The van der Waals surface area contributed by atoms with Gasteiger partial charge in [0.05, 0.1) is 18.0 Å². The van der Waals surface area contributed by atoms with Crippen molar-refractivity contribution in [2.45, 2.75) is 39.7 Å². The number of para-hydroxylation sites is 1. The Morgan fingerprint density at radius 1 is 1.39 bits per heavy atom. The molecule has 4 rings (SSSR count). The van der Waals surface area contributed by atoms with Gasteiger partial charge in [0.15, 0.2) is 0 Å². The summed E-state index contributed by atoms with van der Waals surface area (Å²) in [6.07, 6.45) is 2.13. The van der Waals surface area contributed by atoms with E-state index in [2.05, 4.69) is 35.0 Å². The molecule has 0 fully saturated rings. The molecular weight excluding hydrogens is 374 g/mol. The second-order valence-corrected chi connectivity index (χ2v) is 8.01. The molecule has 0 amide bonds. The number of carbonyl (C=O) groups is 1.